The van der Waals surface area contributed by atoms with Crippen molar-refractivity contribution >= 4 is 5.95 Å². The summed E-state index contributed by atoms with van der Waals surface area (Å²) in [6, 6.07) is 1.76. The first-order valence-corrected chi connectivity index (χ1v) is 6.49. The molecule has 0 aromatic carbocycles. The Morgan fingerprint density at radius 1 is 1.33 bits per heavy atom. The third kappa shape index (κ3) is 6.39. The molecule has 1 N–H and O–H groups in total. The molecule has 0 aliphatic carbocycles. The van der Waals surface area contributed by atoms with Crippen LogP contribution in [0.4, 0.5) is 5.95 Å². The Labute approximate surface area is 109 Å². The van der Waals surface area contributed by atoms with E-state index < -0.39 is 0 Å². The quantitative estimate of drug-likeness (QED) is 0.685. The number of ether oxygens (including phenoxy) is 2. The highest BCUT2D eigenvalue weighted by atomic mass is 16.5. The van der Waals surface area contributed by atoms with Crippen LogP contribution in [0.25, 0.3) is 0 Å². The van der Waals surface area contributed by atoms with Gasteiger partial charge in [-0.1, -0.05) is 20.8 Å². The normalized spacial score (nSPS) is 10.7. The summed E-state index contributed by atoms with van der Waals surface area (Å²) in [7, 11) is 0. The van der Waals surface area contributed by atoms with E-state index in [2.05, 4.69) is 36.1 Å². The summed E-state index contributed by atoms with van der Waals surface area (Å²) in [5.41, 5.74) is 0. The van der Waals surface area contributed by atoms with Crippen LogP contribution >= 0.6 is 0 Å². The highest BCUT2D eigenvalue weighted by Gasteiger charge is 1.99. The molecule has 0 saturated carbocycles. The molecule has 18 heavy (non-hydrogen) atoms. The molecular formula is C13H23N3O2. The third-order valence-corrected chi connectivity index (χ3v) is 2.06. The second kappa shape index (κ2) is 8.69. The lowest BCUT2D eigenvalue weighted by Crippen LogP contribution is -2.13. The minimum Gasteiger partial charge on any atom is -0.478 e. The van der Waals surface area contributed by atoms with Crippen molar-refractivity contribution in [3.05, 3.63) is 12.3 Å². The van der Waals surface area contributed by atoms with Crippen molar-refractivity contribution in [2.75, 3.05) is 31.7 Å². The molecule has 1 rings (SSSR count). The predicted octanol–water partition coefficient (Wildman–Crippen LogP) is 2.35. The van der Waals surface area contributed by atoms with Crippen LogP contribution in [0.1, 0.15) is 27.2 Å². The van der Waals surface area contributed by atoms with Gasteiger partial charge in [-0.15, -0.1) is 0 Å². The molecule has 0 radical (unpaired) electrons. The number of hydrogen-bond acceptors (Lipinski definition) is 5. The van der Waals surface area contributed by atoms with Gasteiger partial charge in [0, 0.05) is 25.4 Å². The van der Waals surface area contributed by atoms with Crippen LogP contribution in [-0.2, 0) is 4.74 Å². The second-order valence-electron chi connectivity index (χ2n) is 4.46. The summed E-state index contributed by atoms with van der Waals surface area (Å²) in [5, 5.41) is 3.11. The number of hydrogen-bond donors (Lipinski definition) is 1. The van der Waals surface area contributed by atoms with Crippen LogP contribution in [0.5, 0.6) is 5.88 Å². The fraction of sp³-hybridized carbons (Fsp3) is 0.692. The van der Waals surface area contributed by atoms with Crippen molar-refractivity contribution in [1.29, 1.82) is 0 Å². The van der Waals surface area contributed by atoms with Crippen LogP contribution in [0.3, 0.4) is 0 Å². The fourth-order valence-electron chi connectivity index (χ4n) is 1.27. The van der Waals surface area contributed by atoms with E-state index >= 15 is 0 Å². The molecule has 0 amide bonds. The molecule has 0 atom stereocenters. The molecule has 1 heterocycles. The first-order chi connectivity index (χ1) is 8.72. The Balaban J connectivity index is 2.24. The molecule has 0 aliphatic rings. The van der Waals surface area contributed by atoms with Gasteiger partial charge < -0.3 is 14.8 Å². The monoisotopic (exact) mass is 253 g/mol. The maximum Gasteiger partial charge on any atom is 0.226 e. The first kappa shape index (κ1) is 14.7. The Morgan fingerprint density at radius 3 is 2.89 bits per heavy atom. The third-order valence-electron chi connectivity index (χ3n) is 2.06. The van der Waals surface area contributed by atoms with E-state index in [0.29, 0.717) is 37.5 Å². The second-order valence-corrected chi connectivity index (χ2v) is 4.46. The fourth-order valence-corrected chi connectivity index (χ4v) is 1.27. The van der Waals surface area contributed by atoms with E-state index in [1.165, 1.54) is 0 Å². The van der Waals surface area contributed by atoms with Gasteiger partial charge in [0.1, 0.15) is 0 Å². The molecule has 0 aliphatic heterocycles. The molecule has 0 saturated heterocycles. The summed E-state index contributed by atoms with van der Waals surface area (Å²) in [4.78, 5) is 8.37. The summed E-state index contributed by atoms with van der Waals surface area (Å²) >= 11 is 0. The minimum absolute atomic E-state index is 0.562. The van der Waals surface area contributed by atoms with Gasteiger partial charge in [0.05, 0.1) is 13.2 Å². The number of rotatable bonds is 9. The molecule has 5 heteroatoms. The standard InChI is InChI=1S/C13H23N3O2/c1-4-8-18-12-5-6-14-13(16-12)15-7-9-17-10-11(2)3/h5-6,11H,4,7-10H2,1-3H3,(H,14,15,16). The Hall–Kier alpha value is -1.36. The van der Waals surface area contributed by atoms with Gasteiger partial charge in [-0.2, -0.15) is 4.98 Å². The van der Waals surface area contributed by atoms with Crippen LogP contribution in [0.2, 0.25) is 0 Å². The van der Waals surface area contributed by atoms with Crippen LogP contribution in [0.15, 0.2) is 12.3 Å². The van der Waals surface area contributed by atoms with Crippen molar-refractivity contribution < 1.29 is 9.47 Å². The van der Waals surface area contributed by atoms with Crippen LogP contribution in [0, 0.1) is 5.92 Å². The van der Waals surface area contributed by atoms with Gasteiger partial charge in [-0.3, -0.25) is 0 Å². The predicted molar refractivity (Wildman–Crippen MR) is 72.0 cm³/mol. The zero-order valence-corrected chi connectivity index (χ0v) is 11.5. The number of nitrogens with one attached hydrogen (secondary N) is 1. The smallest absolute Gasteiger partial charge is 0.226 e. The lowest BCUT2D eigenvalue weighted by molar-refractivity contribution is 0.118. The van der Waals surface area contributed by atoms with E-state index in [4.69, 9.17) is 9.47 Å². The molecular weight excluding hydrogens is 230 g/mol. The highest BCUT2D eigenvalue weighted by Crippen LogP contribution is 2.08. The Bertz CT molecular complexity index is 332. The summed E-state index contributed by atoms with van der Waals surface area (Å²) in [6.07, 6.45) is 2.66. The van der Waals surface area contributed by atoms with Crippen LogP contribution in [-0.4, -0.2) is 36.3 Å². The molecule has 0 fully saturated rings. The molecule has 1 aromatic rings. The van der Waals surface area contributed by atoms with Crippen molar-refractivity contribution in [3.8, 4) is 5.88 Å². The van der Waals surface area contributed by atoms with Gasteiger partial charge in [-0.05, 0) is 12.3 Å². The molecule has 0 spiro atoms. The van der Waals surface area contributed by atoms with Crippen molar-refractivity contribution in [3.63, 3.8) is 0 Å². The number of anilines is 1. The van der Waals surface area contributed by atoms with E-state index in [-0.39, 0.29) is 0 Å². The van der Waals surface area contributed by atoms with Crippen molar-refractivity contribution in [2.45, 2.75) is 27.2 Å². The maximum atomic E-state index is 5.46. The maximum absolute atomic E-state index is 5.46. The Kier molecular flexibility index (Phi) is 7.10. The van der Waals surface area contributed by atoms with Gasteiger partial charge in [0.25, 0.3) is 0 Å². The van der Waals surface area contributed by atoms with Gasteiger partial charge in [0.2, 0.25) is 11.8 Å². The lowest BCUT2D eigenvalue weighted by atomic mass is 10.2. The van der Waals surface area contributed by atoms with Gasteiger partial charge in [0.15, 0.2) is 0 Å². The van der Waals surface area contributed by atoms with Crippen molar-refractivity contribution in [1.82, 2.24) is 9.97 Å². The van der Waals surface area contributed by atoms with E-state index in [9.17, 15) is 0 Å². The summed E-state index contributed by atoms with van der Waals surface area (Å²) in [6.45, 7) is 9.13. The largest absolute Gasteiger partial charge is 0.478 e. The zero-order chi connectivity index (χ0) is 13.2. The molecule has 1 aromatic heterocycles. The topological polar surface area (TPSA) is 56.3 Å². The number of nitrogens with zero attached hydrogens (tertiary/aromatic N) is 2. The highest BCUT2D eigenvalue weighted by molar-refractivity contribution is 5.27. The van der Waals surface area contributed by atoms with Gasteiger partial charge in [-0.25, -0.2) is 4.98 Å². The van der Waals surface area contributed by atoms with E-state index in [0.717, 1.165) is 13.0 Å². The van der Waals surface area contributed by atoms with E-state index in [1.807, 2.05) is 0 Å². The first-order valence-electron chi connectivity index (χ1n) is 6.49. The average molecular weight is 253 g/mol. The molecule has 0 bridgehead atoms. The summed E-state index contributed by atoms with van der Waals surface area (Å²) < 4.78 is 10.9. The SMILES string of the molecule is CCCOc1ccnc(NCCOCC(C)C)n1. The average Bonchev–Trinajstić information content (AvgIpc) is 2.36. The number of aromatic nitrogens is 2. The Morgan fingerprint density at radius 2 is 2.17 bits per heavy atom. The lowest BCUT2D eigenvalue weighted by Gasteiger charge is -2.09. The molecule has 102 valence electrons. The van der Waals surface area contributed by atoms with Crippen molar-refractivity contribution in [2.24, 2.45) is 5.92 Å². The van der Waals surface area contributed by atoms with Gasteiger partial charge >= 0.3 is 0 Å². The molecule has 5 nitrogen and oxygen atoms in total. The molecule has 0 unspecified atom stereocenters. The minimum atomic E-state index is 0.562. The zero-order valence-electron chi connectivity index (χ0n) is 11.5. The van der Waals surface area contributed by atoms with Crippen LogP contribution < -0.4 is 10.1 Å². The summed E-state index contributed by atoms with van der Waals surface area (Å²) in [5.74, 6) is 1.75. The van der Waals surface area contributed by atoms with E-state index in [1.54, 1.807) is 12.3 Å².